The molecular weight excluding hydrogens is 276 g/mol. The average molecular weight is 298 g/mol. The number of aryl methyl sites for hydroxylation is 1. The van der Waals surface area contributed by atoms with Gasteiger partial charge in [0, 0.05) is 29.7 Å². The van der Waals surface area contributed by atoms with Crippen molar-refractivity contribution in [3.05, 3.63) is 57.4 Å². The number of fused-ring (bicyclic) bond motifs is 1. The third-order valence-corrected chi connectivity index (χ3v) is 4.94. The third-order valence-electron chi connectivity index (χ3n) is 4.20. The number of aromatic nitrogens is 1. The van der Waals surface area contributed by atoms with Gasteiger partial charge in [-0.2, -0.15) is 11.3 Å². The van der Waals surface area contributed by atoms with Crippen LogP contribution in [0.5, 0.6) is 0 Å². The van der Waals surface area contributed by atoms with Crippen LogP contribution >= 0.6 is 11.3 Å². The number of nitrogens with zero attached hydrogens (tertiary/aromatic N) is 1. The van der Waals surface area contributed by atoms with E-state index in [-0.39, 0.29) is 0 Å². The van der Waals surface area contributed by atoms with Crippen LogP contribution < -0.4 is 5.32 Å². The van der Waals surface area contributed by atoms with Crippen molar-refractivity contribution in [2.24, 2.45) is 0 Å². The molecule has 1 aromatic carbocycles. The molecule has 0 aliphatic rings. The first-order valence-corrected chi connectivity index (χ1v) is 8.45. The second-order valence-corrected chi connectivity index (χ2v) is 6.34. The Labute approximate surface area is 130 Å². The zero-order valence-electron chi connectivity index (χ0n) is 12.9. The molecular formula is C18H22N2S. The summed E-state index contributed by atoms with van der Waals surface area (Å²) in [5.41, 5.74) is 6.86. The van der Waals surface area contributed by atoms with Crippen molar-refractivity contribution in [2.75, 3.05) is 6.54 Å². The SMILES string of the molecule is CCNCc1ccc2c(c1)c(C)c(C)n2Cc1ccsc1. The van der Waals surface area contributed by atoms with Crippen LogP contribution in [-0.4, -0.2) is 11.1 Å². The first kappa shape index (κ1) is 14.4. The molecule has 2 nitrogen and oxygen atoms in total. The highest BCUT2D eigenvalue weighted by Crippen LogP contribution is 2.27. The average Bonchev–Trinajstić information content (AvgIpc) is 3.09. The van der Waals surface area contributed by atoms with Crippen LogP contribution in [0.15, 0.2) is 35.0 Å². The summed E-state index contributed by atoms with van der Waals surface area (Å²) < 4.78 is 2.43. The molecule has 0 fully saturated rings. The van der Waals surface area contributed by atoms with Crippen molar-refractivity contribution >= 4 is 22.2 Å². The molecule has 110 valence electrons. The first-order valence-electron chi connectivity index (χ1n) is 7.50. The Morgan fingerprint density at radius 1 is 1.14 bits per heavy atom. The Morgan fingerprint density at radius 2 is 2.00 bits per heavy atom. The quantitative estimate of drug-likeness (QED) is 0.735. The zero-order valence-corrected chi connectivity index (χ0v) is 13.8. The second-order valence-electron chi connectivity index (χ2n) is 5.56. The highest BCUT2D eigenvalue weighted by molar-refractivity contribution is 7.07. The number of nitrogens with one attached hydrogen (secondary N) is 1. The molecule has 0 unspecified atom stereocenters. The lowest BCUT2D eigenvalue weighted by molar-refractivity contribution is 0.727. The summed E-state index contributed by atoms with van der Waals surface area (Å²) in [7, 11) is 0. The Kier molecular flexibility index (Phi) is 4.13. The predicted octanol–water partition coefficient (Wildman–Crippen LogP) is 4.48. The minimum atomic E-state index is 0.945. The van der Waals surface area contributed by atoms with E-state index in [1.165, 1.54) is 33.3 Å². The van der Waals surface area contributed by atoms with E-state index in [0.717, 1.165) is 19.6 Å². The van der Waals surface area contributed by atoms with E-state index in [9.17, 15) is 0 Å². The molecule has 2 heterocycles. The fraction of sp³-hybridized carbons (Fsp3) is 0.333. The van der Waals surface area contributed by atoms with Crippen LogP contribution in [-0.2, 0) is 13.1 Å². The molecule has 0 atom stereocenters. The molecule has 21 heavy (non-hydrogen) atoms. The van der Waals surface area contributed by atoms with Gasteiger partial charge < -0.3 is 9.88 Å². The van der Waals surface area contributed by atoms with Gasteiger partial charge in [-0.3, -0.25) is 0 Å². The smallest absolute Gasteiger partial charge is 0.0488 e. The maximum Gasteiger partial charge on any atom is 0.0488 e. The van der Waals surface area contributed by atoms with Gasteiger partial charge in [0.25, 0.3) is 0 Å². The molecule has 0 bridgehead atoms. The first-order chi connectivity index (χ1) is 10.2. The van der Waals surface area contributed by atoms with E-state index in [1.54, 1.807) is 11.3 Å². The minimum Gasteiger partial charge on any atom is -0.340 e. The topological polar surface area (TPSA) is 17.0 Å². The van der Waals surface area contributed by atoms with Crippen molar-refractivity contribution in [1.82, 2.24) is 9.88 Å². The number of rotatable bonds is 5. The van der Waals surface area contributed by atoms with Crippen LogP contribution in [0.25, 0.3) is 10.9 Å². The van der Waals surface area contributed by atoms with Crippen LogP contribution in [0.3, 0.4) is 0 Å². The fourth-order valence-corrected chi connectivity index (χ4v) is 3.51. The summed E-state index contributed by atoms with van der Waals surface area (Å²) in [6.07, 6.45) is 0. The van der Waals surface area contributed by atoms with Gasteiger partial charge in [0.1, 0.15) is 0 Å². The summed E-state index contributed by atoms with van der Waals surface area (Å²) >= 11 is 1.77. The standard InChI is InChI=1S/C18H22N2S/c1-4-19-10-15-5-6-18-17(9-15)13(2)14(3)20(18)11-16-7-8-21-12-16/h5-9,12,19H,4,10-11H2,1-3H3. The van der Waals surface area contributed by atoms with Crippen molar-refractivity contribution in [2.45, 2.75) is 33.9 Å². The van der Waals surface area contributed by atoms with Crippen LogP contribution in [0.1, 0.15) is 29.3 Å². The van der Waals surface area contributed by atoms with E-state index < -0.39 is 0 Å². The van der Waals surface area contributed by atoms with Crippen molar-refractivity contribution in [3.8, 4) is 0 Å². The summed E-state index contributed by atoms with van der Waals surface area (Å²) in [5, 5.41) is 9.18. The summed E-state index contributed by atoms with van der Waals surface area (Å²) in [4.78, 5) is 0. The van der Waals surface area contributed by atoms with Crippen LogP contribution in [0.4, 0.5) is 0 Å². The molecule has 0 aliphatic carbocycles. The van der Waals surface area contributed by atoms with Gasteiger partial charge in [-0.25, -0.2) is 0 Å². The van der Waals surface area contributed by atoms with Gasteiger partial charge in [0.15, 0.2) is 0 Å². The van der Waals surface area contributed by atoms with Gasteiger partial charge in [-0.15, -0.1) is 0 Å². The lowest BCUT2D eigenvalue weighted by atomic mass is 10.1. The molecule has 3 rings (SSSR count). The third kappa shape index (κ3) is 2.76. The fourth-order valence-electron chi connectivity index (χ4n) is 2.85. The highest BCUT2D eigenvalue weighted by Gasteiger charge is 2.11. The lowest BCUT2D eigenvalue weighted by Gasteiger charge is -2.08. The Balaban J connectivity index is 2.03. The summed E-state index contributed by atoms with van der Waals surface area (Å²) in [6, 6.07) is 9.07. The van der Waals surface area contributed by atoms with E-state index in [1.807, 2.05) is 0 Å². The largest absolute Gasteiger partial charge is 0.340 e. The van der Waals surface area contributed by atoms with Gasteiger partial charge in [0.2, 0.25) is 0 Å². The maximum atomic E-state index is 3.40. The number of hydrogen-bond donors (Lipinski definition) is 1. The van der Waals surface area contributed by atoms with Crippen LogP contribution in [0, 0.1) is 13.8 Å². The minimum absolute atomic E-state index is 0.945. The summed E-state index contributed by atoms with van der Waals surface area (Å²) in [6.45, 7) is 9.53. The molecule has 0 aliphatic heterocycles. The second kappa shape index (κ2) is 6.04. The Morgan fingerprint density at radius 3 is 2.71 bits per heavy atom. The molecule has 0 radical (unpaired) electrons. The molecule has 0 saturated heterocycles. The Bertz CT molecular complexity index is 738. The molecule has 2 aromatic heterocycles. The maximum absolute atomic E-state index is 3.40. The van der Waals surface area contributed by atoms with E-state index in [2.05, 4.69) is 65.7 Å². The molecule has 1 N–H and O–H groups in total. The Hall–Kier alpha value is -1.58. The normalized spacial score (nSPS) is 11.4. The zero-order chi connectivity index (χ0) is 14.8. The molecule has 3 heteroatoms. The molecule has 0 spiro atoms. The van der Waals surface area contributed by atoms with Gasteiger partial charge in [0.05, 0.1) is 0 Å². The predicted molar refractivity (Wildman–Crippen MR) is 92.2 cm³/mol. The highest BCUT2D eigenvalue weighted by atomic mass is 32.1. The van der Waals surface area contributed by atoms with Gasteiger partial charge in [-0.05, 0) is 66.0 Å². The van der Waals surface area contributed by atoms with E-state index >= 15 is 0 Å². The van der Waals surface area contributed by atoms with Crippen molar-refractivity contribution in [1.29, 1.82) is 0 Å². The lowest BCUT2D eigenvalue weighted by Crippen LogP contribution is -2.11. The van der Waals surface area contributed by atoms with Crippen molar-refractivity contribution < 1.29 is 0 Å². The molecule has 0 saturated carbocycles. The van der Waals surface area contributed by atoms with Gasteiger partial charge in [-0.1, -0.05) is 13.0 Å². The number of hydrogen-bond acceptors (Lipinski definition) is 2. The van der Waals surface area contributed by atoms with E-state index in [0.29, 0.717) is 0 Å². The molecule has 3 aromatic rings. The molecule has 0 amide bonds. The summed E-state index contributed by atoms with van der Waals surface area (Å²) in [5.74, 6) is 0. The monoisotopic (exact) mass is 298 g/mol. The number of thiophene rings is 1. The van der Waals surface area contributed by atoms with Crippen LogP contribution in [0.2, 0.25) is 0 Å². The number of benzene rings is 1. The van der Waals surface area contributed by atoms with Gasteiger partial charge >= 0.3 is 0 Å². The van der Waals surface area contributed by atoms with E-state index in [4.69, 9.17) is 0 Å². The van der Waals surface area contributed by atoms with Crippen molar-refractivity contribution in [3.63, 3.8) is 0 Å².